The molecule has 0 radical (unpaired) electrons. The SMILES string of the molecule is Cc1cc(C)cc(CC2(N)CCC(C)CC2C)c1. The first-order valence-corrected chi connectivity index (χ1v) is 7.25. The molecule has 1 aromatic carbocycles. The van der Waals surface area contributed by atoms with Gasteiger partial charge in [-0.3, -0.25) is 0 Å². The molecule has 0 saturated heterocycles. The molecule has 1 heteroatoms. The van der Waals surface area contributed by atoms with Gasteiger partial charge < -0.3 is 5.73 Å². The van der Waals surface area contributed by atoms with Crippen molar-refractivity contribution in [2.75, 3.05) is 0 Å². The summed E-state index contributed by atoms with van der Waals surface area (Å²) in [7, 11) is 0. The molecule has 3 unspecified atom stereocenters. The fourth-order valence-electron chi connectivity index (χ4n) is 3.53. The summed E-state index contributed by atoms with van der Waals surface area (Å²) in [6.45, 7) is 9.03. The summed E-state index contributed by atoms with van der Waals surface area (Å²) in [5, 5.41) is 0. The number of hydrogen-bond donors (Lipinski definition) is 1. The third kappa shape index (κ3) is 2.95. The molecule has 1 aliphatic rings. The molecule has 2 N–H and O–H groups in total. The minimum atomic E-state index is 0.00669. The fraction of sp³-hybridized carbons (Fsp3) is 0.647. The summed E-state index contributed by atoms with van der Waals surface area (Å²) in [5.74, 6) is 1.47. The molecule has 0 aliphatic heterocycles. The highest BCUT2D eigenvalue weighted by atomic mass is 14.8. The van der Waals surface area contributed by atoms with Gasteiger partial charge in [0.25, 0.3) is 0 Å². The Kier molecular flexibility index (Phi) is 3.82. The Hall–Kier alpha value is -0.820. The standard InChI is InChI=1S/C17H27N/c1-12-5-6-17(18,15(4)8-12)11-16-9-13(2)7-14(3)10-16/h7,9-10,12,15H,5-6,8,11,18H2,1-4H3. The van der Waals surface area contributed by atoms with Crippen LogP contribution in [0.2, 0.25) is 0 Å². The van der Waals surface area contributed by atoms with E-state index in [2.05, 4.69) is 45.9 Å². The maximum atomic E-state index is 6.70. The second-order valence-corrected chi connectivity index (χ2v) is 6.69. The van der Waals surface area contributed by atoms with Gasteiger partial charge >= 0.3 is 0 Å². The van der Waals surface area contributed by atoms with Crippen LogP contribution in [-0.2, 0) is 6.42 Å². The topological polar surface area (TPSA) is 26.0 Å². The minimum absolute atomic E-state index is 0.00669. The second kappa shape index (κ2) is 5.05. The monoisotopic (exact) mass is 245 g/mol. The highest BCUT2D eigenvalue weighted by Crippen LogP contribution is 2.37. The highest BCUT2D eigenvalue weighted by Gasteiger charge is 2.36. The predicted molar refractivity (Wildman–Crippen MR) is 78.7 cm³/mol. The van der Waals surface area contributed by atoms with Crippen molar-refractivity contribution in [2.24, 2.45) is 17.6 Å². The van der Waals surface area contributed by atoms with Gasteiger partial charge in [-0.25, -0.2) is 0 Å². The van der Waals surface area contributed by atoms with Gasteiger partial charge in [0.05, 0.1) is 0 Å². The summed E-state index contributed by atoms with van der Waals surface area (Å²) in [4.78, 5) is 0. The normalized spacial score (nSPS) is 32.5. The number of rotatable bonds is 2. The van der Waals surface area contributed by atoms with Crippen molar-refractivity contribution in [3.05, 3.63) is 34.9 Å². The maximum Gasteiger partial charge on any atom is 0.0221 e. The van der Waals surface area contributed by atoms with Crippen molar-refractivity contribution in [2.45, 2.75) is 58.9 Å². The first kappa shape index (κ1) is 13.6. The van der Waals surface area contributed by atoms with Crippen molar-refractivity contribution in [3.63, 3.8) is 0 Å². The predicted octanol–water partition coefficient (Wildman–Crippen LogP) is 4.00. The lowest BCUT2D eigenvalue weighted by atomic mass is 9.68. The summed E-state index contributed by atoms with van der Waals surface area (Å²) < 4.78 is 0. The van der Waals surface area contributed by atoms with Crippen LogP contribution in [0.5, 0.6) is 0 Å². The third-order valence-corrected chi connectivity index (χ3v) is 4.65. The number of hydrogen-bond acceptors (Lipinski definition) is 1. The summed E-state index contributed by atoms with van der Waals surface area (Å²) in [6.07, 6.45) is 4.76. The molecule has 2 rings (SSSR count). The first-order chi connectivity index (χ1) is 8.39. The molecule has 0 aromatic heterocycles. The average molecular weight is 245 g/mol. The van der Waals surface area contributed by atoms with E-state index in [1.807, 2.05) is 0 Å². The van der Waals surface area contributed by atoms with Crippen LogP contribution in [0, 0.1) is 25.7 Å². The van der Waals surface area contributed by atoms with Crippen molar-refractivity contribution < 1.29 is 0 Å². The van der Waals surface area contributed by atoms with Crippen LogP contribution in [0.25, 0.3) is 0 Å². The minimum Gasteiger partial charge on any atom is -0.325 e. The van der Waals surface area contributed by atoms with Crippen LogP contribution in [0.15, 0.2) is 18.2 Å². The highest BCUT2D eigenvalue weighted by molar-refractivity contribution is 5.30. The molecular weight excluding hydrogens is 218 g/mol. The summed E-state index contributed by atoms with van der Waals surface area (Å²) in [5.41, 5.74) is 10.8. The van der Waals surface area contributed by atoms with Crippen LogP contribution in [0.3, 0.4) is 0 Å². The molecule has 1 aromatic rings. The van der Waals surface area contributed by atoms with E-state index >= 15 is 0 Å². The zero-order valence-electron chi connectivity index (χ0n) is 12.3. The van der Waals surface area contributed by atoms with E-state index in [1.54, 1.807) is 0 Å². The van der Waals surface area contributed by atoms with Crippen LogP contribution in [-0.4, -0.2) is 5.54 Å². The lowest BCUT2D eigenvalue weighted by molar-refractivity contribution is 0.163. The molecule has 0 heterocycles. The Morgan fingerprint density at radius 2 is 1.78 bits per heavy atom. The first-order valence-electron chi connectivity index (χ1n) is 7.25. The molecule has 100 valence electrons. The Morgan fingerprint density at radius 1 is 1.17 bits per heavy atom. The zero-order chi connectivity index (χ0) is 13.3. The largest absolute Gasteiger partial charge is 0.325 e. The van der Waals surface area contributed by atoms with Gasteiger partial charge in [-0.15, -0.1) is 0 Å². The Labute approximate surface area is 112 Å². The molecule has 1 saturated carbocycles. The number of nitrogens with two attached hydrogens (primary N) is 1. The van der Waals surface area contributed by atoms with Crippen molar-refractivity contribution in [1.82, 2.24) is 0 Å². The summed E-state index contributed by atoms with van der Waals surface area (Å²) in [6, 6.07) is 6.83. The van der Waals surface area contributed by atoms with E-state index in [9.17, 15) is 0 Å². The molecule has 0 spiro atoms. The van der Waals surface area contributed by atoms with Gasteiger partial charge in [0.2, 0.25) is 0 Å². The van der Waals surface area contributed by atoms with E-state index in [1.165, 1.54) is 36.0 Å². The lowest BCUT2D eigenvalue weighted by Gasteiger charge is -2.42. The van der Waals surface area contributed by atoms with E-state index in [0.29, 0.717) is 5.92 Å². The van der Waals surface area contributed by atoms with Crippen molar-refractivity contribution in [1.29, 1.82) is 0 Å². The number of aryl methyl sites for hydroxylation is 2. The van der Waals surface area contributed by atoms with E-state index in [0.717, 1.165) is 12.3 Å². The van der Waals surface area contributed by atoms with Crippen LogP contribution >= 0.6 is 0 Å². The van der Waals surface area contributed by atoms with E-state index in [-0.39, 0.29) is 5.54 Å². The average Bonchev–Trinajstić information content (AvgIpc) is 2.23. The van der Waals surface area contributed by atoms with E-state index in [4.69, 9.17) is 5.73 Å². The molecule has 1 aliphatic carbocycles. The van der Waals surface area contributed by atoms with Crippen molar-refractivity contribution in [3.8, 4) is 0 Å². The molecule has 18 heavy (non-hydrogen) atoms. The summed E-state index contributed by atoms with van der Waals surface area (Å²) >= 11 is 0. The van der Waals surface area contributed by atoms with Gasteiger partial charge in [0, 0.05) is 5.54 Å². The Bertz CT molecular complexity index is 403. The molecule has 1 nitrogen and oxygen atoms in total. The molecule has 0 bridgehead atoms. The van der Waals surface area contributed by atoms with Gasteiger partial charge in [-0.05, 0) is 56.9 Å². The second-order valence-electron chi connectivity index (χ2n) is 6.69. The lowest BCUT2D eigenvalue weighted by Crippen LogP contribution is -2.51. The molecular formula is C17H27N. The van der Waals surface area contributed by atoms with Gasteiger partial charge in [-0.2, -0.15) is 0 Å². The van der Waals surface area contributed by atoms with E-state index < -0.39 is 0 Å². The quantitative estimate of drug-likeness (QED) is 0.837. The van der Waals surface area contributed by atoms with Gasteiger partial charge in [-0.1, -0.05) is 43.2 Å². The zero-order valence-corrected chi connectivity index (χ0v) is 12.3. The number of benzene rings is 1. The van der Waals surface area contributed by atoms with Crippen LogP contribution < -0.4 is 5.73 Å². The Balaban J connectivity index is 2.16. The Morgan fingerprint density at radius 3 is 2.33 bits per heavy atom. The van der Waals surface area contributed by atoms with Crippen LogP contribution in [0.1, 0.15) is 49.8 Å². The smallest absolute Gasteiger partial charge is 0.0221 e. The molecule has 1 fully saturated rings. The van der Waals surface area contributed by atoms with Crippen LogP contribution in [0.4, 0.5) is 0 Å². The molecule has 0 amide bonds. The van der Waals surface area contributed by atoms with Gasteiger partial charge in [0.15, 0.2) is 0 Å². The maximum absolute atomic E-state index is 6.70. The molecule has 3 atom stereocenters. The van der Waals surface area contributed by atoms with Crippen molar-refractivity contribution >= 4 is 0 Å². The third-order valence-electron chi connectivity index (χ3n) is 4.65. The fourth-order valence-corrected chi connectivity index (χ4v) is 3.53. The van der Waals surface area contributed by atoms with Gasteiger partial charge in [0.1, 0.15) is 0 Å².